The van der Waals surface area contributed by atoms with Gasteiger partial charge in [0.15, 0.2) is 0 Å². The molecule has 0 unspecified atom stereocenters. The van der Waals surface area contributed by atoms with E-state index < -0.39 is 15.8 Å². The third-order valence-electron chi connectivity index (χ3n) is 5.48. The Hall–Kier alpha value is -2.71. The first kappa shape index (κ1) is 21.5. The van der Waals surface area contributed by atoms with Gasteiger partial charge < -0.3 is 0 Å². The van der Waals surface area contributed by atoms with Crippen molar-refractivity contribution in [2.75, 3.05) is 4.72 Å². The summed E-state index contributed by atoms with van der Waals surface area (Å²) in [6.07, 6.45) is 3.33. The minimum absolute atomic E-state index is 0.0747. The number of aryl methyl sites for hydroxylation is 2. The van der Waals surface area contributed by atoms with Gasteiger partial charge in [-0.1, -0.05) is 23.7 Å². The summed E-state index contributed by atoms with van der Waals surface area (Å²) < 4.78 is 43.4. The lowest BCUT2D eigenvalue weighted by atomic mass is 9.89. The van der Waals surface area contributed by atoms with E-state index in [1.807, 2.05) is 6.07 Å². The summed E-state index contributed by atoms with van der Waals surface area (Å²) in [6.45, 7) is 1.69. The van der Waals surface area contributed by atoms with Crippen LogP contribution in [0.1, 0.15) is 29.5 Å². The average Bonchev–Trinajstić information content (AvgIpc) is 2.73. The van der Waals surface area contributed by atoms with Gasteiger partial charge >= 0.3 is 0 Å². The van der Waals surface area contributed by atoms with Gasteiger partial charge in [-0.05, 0) is 68.0 Å². The molecule has 0 atom stereocenters. The number of hydrogen-bond acceptors (Lipinski definition) is 4. The number of nitrogens with zero attached hydrogens (tertiary/aromatic N) is 2. The molecule has 1 aliphatic rings. The third-order valence-corrected chi connectivity index (χ3v) is 7.29. The molecule has 2 aromatic carbocycles. The first-order valence-electron chi connectivity index (χ1n) is 9.85. The Labute approximate surface area is 184 Å². The van der Waals surface area contributed by atoms with E-state index in [0.29, 0.717) is 23.2 Å². The highest BCUT2D eigenvalue weighted by Gasteiger charge is 2.23. The summed E-state index contributed by atoms with van der Waals surface area (Å²) in [5.74, 6) is -0.631. The lowest BCUT2D eigenvalue weighted by Gasteiger charge is -2.20. The van der Waals surface area contributed by atoms with Gasteiger partial charge in [0.2, 0.25) is 0 Å². The molecule has 0 bridgehead atoms. The minimum Gasteiger partial charge on any atom is -0.280 e. The maximum absolute atomic E-state index is 13.4. The van der Waals surface area contributed by atoms with Crippen molar-refractivity contribution in [2.45, 2.75) is 37.5 Å². The SMILES string of the molecule is Cc1ccc(-c2nn(C)c(=O)c3c2CCCC3)cc1S(=O)(=O)Nc1ccc(F)c(Cl)c1. The van der Waals surface area contributed by atoms with Crippen molar-refractivity contribution in [3.8, 4) is 11.3 Å². The molecule has 4 rings (SSSR count). The van der Waals surface area contributed by atoms with Gasteiger partial charge in [0.25, 0.3) is 15.6 Å². The molecular formula is C22H21ClFN3O3S. The largest absolute Gasteiger partial charge is 0.280 e. The summed E-state index contributed by atoms with van der Waals surface area (Å²) in [4.78, 5) is 12.6. The molecule has 1 aromatic heterocycles. The van der Waals surface area contributed by atoms with Crippen LogP contribution in [0.4, 0.5) is 10.1 Å². The van der Waals surface area contributed by atoms with Gasteiger partial charge in [-0.15, -0.1) is 0 Å². The van der Waals surface area contributed by atoms with Crippen LogP contribution in [0, 0.1) is 12.7 Å². The number of nitrogens with one attached hydrogen (secondary N) is 1. The molecule has 1 aliphatic carbocycles. The number of sulfonamides is 1. The molecule has 0 spiro atoms. The first-order chi connectivity index (χ1) is 14.7. The number of hydrogen-bond donors (Lipinski definition) is 1. The molecule has 31 heavy (non-hydrogen) atoms. The van der Waals surface area contributed by atoms with Gasteiger partial charge in [-0.25, -0.2) is 17.5 Å². The quantitative estimate of drug-likeness (QED) is 0.630. The van der Waals surface area contributed by atoms with E-state index in [2.05, 4.69) is 9.82 Å². The van der Waals surface area contributed by atoms with E-state index in [4.69, 9.17) is 11.6 Å². The fourth-order valence-corrected chi connectivity index (χ4v) is 5.39. The average molecular weight is 462 g/mol. The smallest absolute Gasteiger partial charge is 0.269 e. The molecule has 1 heterocycles. The fraction of sp³-hybridized carbons (Fsp3) is 0.273. The maximum atomic E-state index is 13.4. The fourth-order valence-electron chi connectivity index (χ4n) is 3.89. The molecule has 9 heteroatoms. The normalized spacial score (nSPS) is 13.7. The number of anilines is 1. The van der Waals surface area contributed by atoms with E-state index in [1.54, 1.807) is 26.1 Å². The van der Waals surface area contributed by atoms with Crippen LogP contribution in [0.15, 0.2) is 46.1 Å². The van der Waals surface area contributed by atoms with Crippen molar-refractivity contribution in [1.82, 2.24) is 9.78 Å². The number of fused-ring (bicyclic) bond motifs is 1. The Morgan fingerprint density at radius 2 is 1.81 bits per heavy atom. The predicted octanol–water partition coefficient (Wildman–Crippen LogP) is 4.23. The van der Waals surface area contributed by atoms with Crippen LogP contribution in [-0.2, 0) is 29.9 Å². The first-order valence-corrected chi connectivity index (χ1v) is 11.7. The van der Waals surface area contributed by atoms with Crippen LogP contribution in [0.25, 0.3) is 11.3 Å². The van der Waals surface area contributed by atoms with Gasteiger partial charge in [-0.2, -0.15) is 5.10 Å². The van der Waals surface area contributed by atoms with Crippen LogP contribution in [0.5, 0.6) is 0 Å². The zero-order valence-electron chi connectivity index (χ0n) is 17.1. The highest BCUT2D eigenvalue weighted by molar-refractivity contribution is 7.92. The second kappa shape index (κ2) is 8.09. The van der Waals surface area contributed by atoms with Crippen molar-refractivity contribution in [1.29, 1.82) is 0 Å². The molecule has 3 aromatic rings. The molecule has 0 saturated heterocycles. The van der Waals surface area contributed by atoms with Crippen molar-refractivity contribution in [2.24, 2.45) is 7.05 Å². The van der Waals surface area contributed by atoms with Gasteiger partial charge in [0.1, 0.15) is 5.82 Å². The molecule has 0 saturated carbocycles. The molecule has 0 radical (unpaired) electrons. The lowest BCUT2D eigenvalue weighted by molar-refractivity contribution is 0.600. The number of halogens is 2. The third kappa shape index (κ3) is 4.09. The molecule has 1 N–H and O–H groups in total. The van der Waals surface area contributed by atoms with Crippen molar-refractivity contribution in [3.05, 3.63) is 74.3 Å². The zero-order chi connectivity index (χ0) is 22.3. The monoisotopic (exact) mass is 461 g/mol. The molecule has 0 amide bonds. The summed E-state index contributed by atoms with van der Waals surface area (Å²) in [7, 11) is -2.37. The standard InChI is InChI=1S/C22H21ClFN3O3S/c1-13-7-8-14(21-16-5-3-4-6-17(16)22(28)27(2)25-21)11-20(13)31(29,30)26-15-9-10-19(24)18(23)12-15/h7-12,26H,3-6H2,1-2H3. The molecule has 0 aliphatic heterocycles. The summed E-state index contributed by atoms with van der Waals surface area (Å²) in [6, 6.07) is 8.71. The minimum atomic E-state index is -3.97. The number of aromatic nitrogens is 2. The van der Waals surface area contributed by atoms with Crippen LogP contribution >= 0.6 is 11.6 Å². The summed E-state index contributed by atoms with van der Waals surface area (Å²) in [5, 5.41) is 4.27. The predicted molar refractivity (Wildman–Crippen MR) is 119 cm³/mol. The Morgan fingerprint density at radius 1 is 1.10 bits per heavy atom. The second-order valence-electron chi connectivity index (χ2n) is 7.66. The van der Waals surface area contributed by atoms with Crippen molar-refractivity contribution >= 4 is 27.3 Å². The Bertz CT molecular complexity index is 1350. The maximum Gasteiger partial charge on any atom is 0.269 e. The van der Waals surface area contributed by atoms with E-state index >= 15 is 0 Å². The summed E-state index contributed by atoms with van der Waals surface area (Å²) >= 11 is 5.77. The Morgan fingerprint density at radius 3 is 2.52 bits per heavy atom. The van der Waals surface area contributed by atoms with Crippen molar-refractivity contribution < 1.29 is 12.8 Å². The van der Waals surface area contributed by atoms with Crippen LogP contribution in [0.2, 0.25) is 5.02 Å². The van der Waals surface area contributed by atoms with Crippen LogP contribution in [-0.4, -0.2) is 18.2 Å². The Balaban J connectivity index is 1.80. The van der Waals surface area contributed by atoms with E-state index in [0.717, 1.165) is 36.5 Å². The van der Waals surface area contributed by atoms with Gasteiger partial charge in [0.05, 0.1) is 21.3 Å². The molecule has 0 fully saturated rings. The highest BCUT2D eigenvalue weighted by Crippen LogP contribution is 2.31. The molecule has 162 valence electrons. The van der Waals surface area contributed by atoms with Crippen LogP contribution < -0.4 is 10.3 Å². The molecule has 6 nitrogen and oxygen atoms in total. The van der Waals surface area contributed by atoms with Crippen molar-refractivity contribution in [3.63, 3.8) is 0 Å². The van der Waals surface area contributed by atoms with Gasteiger partial charge in [-0.3, -0.25) is 9.52 Å². The molecular weight excluding hydrogens is 441 g/mol. The topological polar surface area (TPSA) is 81.1 Å². The van der Waals surface area contributed by atoms with Gasteiger partial charge in [0, 0.05) is 18.2 Å². The Kier molecular flexibility index (Phi) is 5.61. The highest BCUT2D eigenvalue weighted by atomic mass is 35.5. The van der Waals surface area contributed by atoms with E-state index in [9.17, 15) is 17.6 Å². The second-order valence-corrected chi connectivity index (χ2v) is 9.71. The zero-order valence-corrected chi connectivity index (χ0v) is 18.6. The number of benzene rings is 2. The van der Waals surface area contributed by atoms with E-state index in [1.165, 1.54) is 16.8 Å². The van der Waals surface area contributed by atoms with Crippen LogP contribution in [0.3, 0.4) is 0 Å². The van der Waals surface area contributed by atoms with E-state index in [-0.39, 0.29) is 21.2 Å². The number of rotatable bonds is 4. The summed E-state index contributed by atoms with van der Waals surface area (Å²) in [5.41, 5.74) is 3.49. The lowest BCUT2D eigenvalue weighted by Crippen LogP contribution is -2.28.